The molecule has 2 aromatic carbocycles. The minimum atomic E-state index is -1.23. The van der Waals surface area contributed by atoms with Gasteiger partial charge in [0.1, 0.15) is 30.8 Å². The topological polar surface area (TPSA) is 327 Å². The zero-order valence-electron chi connectivity index (χ0n) is 32.8. The van der Waals surface area contributed by atoms with Crippen molar-refractivity contribution < 1.29 is 49.6 Å². The van der Waals surface area contributed by atoms with Crippen LogP contribution in [0, 0.1) is 5.92 Å². The maximum atomic E-state index is 13.5. The molecule has 20 heteroatoms. The van der Waals surface area contributed by atoms with E-state index in [0.29, 0.717) is 44.3 Å². The zero-order chi connectivity index (χ0) is 40.6. The smallest absolute Gasteiger partial charge is 0.410 e. The Kier molecular flexibility index (Phi) is 19.7. The second kappa shape index (κ2) is 23.8. The molecule has 4 atom stereocenters. The molecule has 0 aromatic heterocycles. The van der Waals surface area contributed by atoms with Gasteiger partial charge in [0.05, 0.1) is 17.9 Å². The summed E-state index contributed by atoms with van der Waals surface area (Å²) in [4.78, 5) is 84.6. The second-order valence-electron chi connectivity index (χ2n) is 14.1. The fourth-order valence-corrected chi connectivity index (χ4v) is 6.48. The number of likely N-dealkylation sites (tertiary alicyclic amines) is 2. The fraction of sp³-hybridized carbons (Fsp3) is 0.500. The Hall–Kier alpha value is -6.15. The molecule has 2 fully saturated rings. The Balaban J connectivity index is 0.00000580. The molecule has 2 aliphatic rings. The Morgan fingerprint density at radius 3 is 1.98 bits per heavy atom. The van der Waals surface area contributed by atoms with E-state index in [9.17, 15) is 33.9 Å². The molecule has 0 saturated carbocycles. The van der Waals surface area contributed by atoms with Crippen LogP contribution in [0.5, 0.6) is 0 Å². The Morgan fingerprint density at radius 1 is 0.828 bits per heavy atom. The van der Waals surface area contributed by atoms with E-state index in [1.807, 2.05) is 44.2 Å². The summed E-state index contributed by atoms with van der Waals surface area (Å²) in [6.45, 7) is 4.06. The number of carboxylic acids is 1. The number of nitrogens with one attached hydrogen (secondary N) is 3. The lowest BCUT2D eigenvalue weighted by Crippen LogP contribution is -2.55. The van der Waals surface area contributed by atoms with E-state index >= 15 is 0 Å². The van der Waals surface area contributed by atoms with Gasteiger partial charge in [-0.25, -0.2) is 9.59 Å². The van der Waals surface area contributed by atoms with Crippen molar-refractivity contribution in [1.82, 2.24) is 25.8 Å². The number of carbonyl (C=O) groups excluding carboxylic acids is 5. The quantitative estimate of drug-likeness (QED) is 0.0533. The molecule has 0 aliphatic carbocycles. The highest BCUT2D eigenvalue weighted by Gasteiger charge is 2.38. The maximum absolute atomic E-state index is 13.5. The molecule has 2 heterocycles. The number of carboxylic acid groups (broad SMARTS) is 1. The molecule has 2 aliphatic heterocycles. The molecule has 0 radical (unpaired) electrons. The average molecular weight is 813 g/mol. The summed E-state index contributed by atoms with van der Waals surface area (Å²) in [7, 11) is 0. The van der Waals surface area contributed by atoms with Gasteiger partial charge in [-0.1, -0.05) is 44.2 Å². The summed E-state index contributed by atoms with van der Waals surface area (Å²) in [6, 6.07) is 12.4. The van der Waals surface area contributed by atoms with Crippen LogP contribution in [0.4, 0.5) is 16.2 Å². The lowest BCUT2D eigenvalue weighted by molar-refractivity contribution is -0.144. The van der Waals surface area contributed by atoms with Crippen LogP contribution in [0.25, 0.3) is 0 Å². The van der Waals surface area contributed by atoms with Gasteiger partial charge in [0, 0.05) is 19.6 Å². The Bertz CT molecular complexity index is 1740. The lowest BCUT2D eigenvalue weighted by atomic mass is 10.0. The third-order valence-electron chi connectivity index (χ3n) is 9.32. The molecule has 12 N–H and O–H groups in total. The molecular formula is C38H56N10O10. The number of azo groups is 1. The van der Waals surface area contributed by atoms with Crippen LogP contribution in [0.2, 0.25) is 0 Å². The van der Waals surface area contributed by atoms with Gasteiger partial charge in [-0.2, -0.15) is 10.2 Å². The summed E-state index contributed by atoms with van der Waals surface area (Å²) >= 11 is 0. The van der Waals surface area contributed by atoms with Crippen LogP contribution >= 0.6 is 0 Å². The van der Waals surface area contributed by atoms with Gasteiger partial charge < -0.3 is 53.1 Å². The fourth-order valence-electron chi connectivity index (χ4n) is 6.48. The van der Waals surface area contributed by atoms with Crippen molar-refractivity contribution in [3.8, 4) is 0 Å². The molecule has 0 bridgehead atoms. The number of hydrogen-bond acceptors (Lipinski definition) is 10. The summed E-state index contributed by atoms with van der Waals surface area (Å²) < 4.78 is 5.54. The largest absolute Gasteiger partial charge is 0.480 e. The van der Waals surface area contributed by atoms with Crippen LogP contribution < -0.4 is 27.4 Å². The van der Waals surface area contributed by atoms with E-state index < -0.39 is 66.4 Å². The molecule has 0 spiro atoms. The molecule has 4 unspecified atom stereocenters. The molecular weight excluding hydrogens is 756 g/mol. The summed E-state index contributed by atoms with van der Waals surface area (Å²) in [6.07, 6.45) is 1.79. The summed E-state index contributed by atoms with van der Waals surface area (Å²) in [5.74, 6) is -3.60. The van der Waals surface area contributed by atoms with Gasteiger partial charge in [-0.15, -0.1) is 0 Å². The van der Waals surface area contributed by atoms with E-state index in [0.717, 1.165) is 11.3 Å². The number of nitrogens with two attached hydrogens (primary N) is 2. The first-order chi connectivity index (χ1) is 26.8. The number of aliphatic carboxylic acids is 1. The maximum Gasteiger partial charge on any atom is 0.410 e. The highest BCUT2D eigenvalue weighted by atomic mass is 16.6. The first-order valence-electron chi connectivity index (χ1n) is 18.8. The van der Waals surface area contributed by atoms with E-state index in [1.54, 1.807) is 24.3 Å². The van der Waals surface area contributed by atoms with E-state index in [4.69, 9.17) is 16.2 Å². The molecule has 58 heavy (non-hydrogen) atoms. The molecule has 2 saturated heterocycles. The standard InChI is InChI=1S/C38H52N10O8.2H2O/c1-24(2)21-29(33(50)42-22-32(49)47-19-7-12-30(47)34(51)43-28(36(53)54)11-6-18-41-37(39)40)44-35(52)31-13-8-20-48(31)38(55)56-23-25-14-16-27(17-15-25)46-45-26-9-4-3-5-10-26;;/h3-5,9-10,14-17,24,28-31H,6-8,11-13,18-23H2,1-2H3,(H,42,50)(H,43,51)(H,44,52)(H,53,54)(H4,39,40,41);2*1H2. The summed E-state index contributed by atoms with van der Waals surface area (Å²) in [5, 5.41) is 25.9. The van der Waals surface area contributed by atoms with Crippen LogP contribution in [-0.4, -0.2) is 118 Å². The van der Waals surface area contributed by atoms with Gasteiger partial charge in [0.25, 0.3) is 0 Å². The Morgan fingerprint density at radius 2 is 1.40 bits per heavy atom. The first kappa shape index (κ1) is 48.0. The van der Waals surface area contributed by atoms with Crippen molar-refractivity contribution in [1.29, 1.82) is 0 Å². The number of guanidine groups is 1. The van der Waals surface area contributed by atoms with E-state index in [2.05, 4.69) is 31.2 Å². The predicted octanol–water partition coefficient (Wildman–Crippen LogP) is 0.815. The normalized spacial score (nSPS) is 17.0. The lowest BCUT2D eigenvalue weighted by Gasteiger charge is -2.27. The minimum Gasteiger partial charge on any atom is -0.480 e. The van der Waals surface area contributed by atoms with Crippen LogP contribution in [-0.2, 0) is 35.3 Å². The van der Waals surface area contributed by atoms with Gasteiger partial charge in [0.15, 0.2) is 5.96 Å². The number of nitrogens with zero attached hydrogens (tertiary/aromatic N) is 5. The van der Waals surface area contributed by atoms with Crippen LogP contribution in [0.15, 0.2) is 69.8 Å². The predicted molar refractivity (Wildman–Crippen MR) is 213 cm³/mol. The zero-order valence-corrected chi connectivity index (χ0v) is 32.8. The molecule has 5 amide bonds. The van der Waals surface area contributed by atoms with E-state index in [-0.39, 0.29) is 55.4 Å². The summed E-state index contributed by atoms with van der Waals surface area (Å²) in [5.41, 5.74) is 12.7. The van der Waals surface area contributed by atoms with Crippen molar-refractivity contribution in [2.75, 3.05) is 26.2 Å². The molecule has 2 aromatic rings. The number of ether oxygens (including phenoxy) is 1. The first-order valence-corrected chi connectivity index (χ1v) is 18.8. The van der Waals surface area contributed by atoms with Crippen molar-refractivity contribution in [3.63, 3.8) is 0 Å². The number of amides is 5. The highest BCUT2D eigenvalue weighted by molar-refractivity contribution is 5.95. The number of rotatable bonds is 18. The highest BCUT2D eigenvalue weighted by Crippen LogP contribution is 2.22. The molecule has 20 nitrogen and oxygen atoms in total. The van der Waals surface area contributed by atoms with Crippen LogP contribution in [0.3, 0.4) is 0 Å². The third-order valence-corrected chi connectivity index (χ3v) is 9.32. The minimum absolute atomic E-state index is 0. The van der Waals surface area contributed by atoms with Gasteiger partial charge in [-0.3, -0.25) is 29.1 Å². The molecule has 4 rings (SSSR count). The van der Waals surface area contributed by atoms with Gasteiger partial charge in [-0.05, 0) is 80.7 Å². The number of aliphatic imine (C=N–C) groups is 1. The van der Waals surface area contributed by atoms with Crippen molar-refractivity contribution in [2.24, 2.45) is 32.6 Å². The number of carbonyl (C=O) groups is 6. The van der Waals surface area contributed by atoms with Crippen molar-refractivity contribution in [3.05, 3.63) is 60.2 Å². The molecule has 318 valence electrons. The third kappa shape index (κ3) is 14.7. The second-order valence-corrected chi connectivity index (χ2v) is 14.1. The van der Waals surface area contributed by atoms with Gasteiger partial charge >= 0.3 is 12.1 Å². The van der Waals surface area contributed by atoms with Crippen molar-refractivity contribution >= 4 is 53.0 Å². The van der Waals surface area contributed by atoms with Crippen LogP contribution in [0.1, 0.15) is 64.4 Å². The van der Waals surface area contributed by atoms with Gasteiger partial charge in [0.2, 0.25) is 23.6 Å². The Labute approximate surface area is 336 Å². The van der Waals surface area contributed by atoms with Crippen molar-refractivity contribution in [2.45, 2.75) is 89.6 Å². The van der Waals surface area contributed by atoms with E-state index in [1.165, 1.54) is 9.80 Å². The monoisotopic (exact) mass is 812 g/mol. The SMILES string of the molecule is CC(C)CC(NC(=O)C1CCCN1C(=O)OCc1ccc(N=Nc2ccccc2)cc1)C(=O)NCC(=O)N1CCCC1C(=O)NC(CCCN=C(N)N)C(=O)O.O.O. The number of benzene rings is 2. The average Bonchev–Trinajstić information content (AvgIpc) is 3.88. The number of hydrogen-bond donors (Lipinski definition) is 6.